The van der Waals surface area contributed by atoms with E-state index in [0.29, 0.717) is 12.0 Å². The molecule has 1 heterocycles. The fourth-order valence-corrected chi connectivity index (χ4v) is 3.73. The zero-order valence-corrected chi connectivity index (χ0v) is 12.2. The number of fused-ring (bicyclic) bond motifs is 1. The average molecular weight is 259 g/mol. The Labute approximate surface area is 116 Å². The van der Waals surface area contributed by atoms with Gasteiger partial charge in [0, 0.05) is 29.4 Å². The van der Waals surface area contributed by atoms with Crippen LogP contribution in [0.5, 0.6) is 0 Å². The predicted molar refractivity (Wildman–Crippen MR) is 77.1 cm³/mol. The molecule has 1 aromatic rings. The molecule has 3 atom stereocenters. The first-order valence-corrected chi connectivity index (χ1v) is 7.81. The molecule has 3 unspecified atom stereocenters. The van der Waals surface area contributed by atoms with Crippen molar-refractivity contribution in [3.05, 3.63) is 23.3 Å². The standard InChI is InChI=1S/C16H25N3/c1-11-5-3-6-12(9-11)16-18-10-13-14(17-2)7-4-8-15(13)19-16/h10-12,14,17H,3-9H2,1-2H3. The lowest BCUT2D eigenvalue weighted by Crippen LogP contribution is -2.24. The molecular weight excluding hydrogens is 234 g/mol. The number of hydrogen-bond donors (Lipinski definition) is 1. The maximum Gasteiger partial charge on any atom is 0.131 e. The van der Waals surface area contributed by atoms with Crippen molar-refractivity contribution in [1.29, 1.82) is 0 Å². The maximum absolute atomic E-state index is 4.92. The van der Waals surface area contributed by atoms with Gasteiger partial charge in [-0.1, -0.05) is 19.8 Å². The van der Waals surface area contributed by atoms with E-state index in [9.17, 15) is 0 Å². The zero-order valence-electron chi connectivity index (χ0n) is 12.2. The number of nitrogens with one attached hydrogen (secondary N) is 1. The number of aromatic nitrogens is 2. The van der Waals surface area contributed by atoms with Crippen molar-refractivity contribution in [3.8, 4) is 0 Å². The van der Waals surface area contributed by atoms with Gasteiger partial charge >= 0.3 is 0 Å². The molecule has 3 heteroatoms. The Bertz CT molecular complexity index is 444. The predicted octanol–water partition coefficient (Wildman–Crippen LogP) is 3.37. The van der Waals surface area contributed by atoms with Crippen LogP contribution in [0, 0.1) is 5.92 Å². The normalized spacial score (nSPS) is 30.9. The summed E-state index contributed by atoms with van der Waals surface area (Å²) in [4.78, 5) is 9.62. The summed E-state index contributed by atoms with van der Waals surface area (Å²) in [6.07, 6.45) is 11.0. The lowest BCUT2D eigenvalue weighted by molar-refractivity contribution is 0.333. The summed E-state index contributed by atoms with van der Waals surface area (Å²) < 4.78 is 0. The van der Waals surface area contributed by atoms with E-state index in [2.05, 4.69) is 18.4 Å². The molecule has 1 fully saturated rings. The Balaban J connectivity index is 1.84. The van der Waals surface area contributed by atoms with Crippen LogP contribution in [0.2, 0.25) is 0 Å². The molecule has 0 amide bonds. The smallest absolute Gasteiger partial charge is 0.131 e. The van der Waals surface area contributed by atoms with E-state index in [1.807, 2.05) is 7.05 Å². The van der Waals surface area contributed by atoms with Crippen molar-refractivity contribution >= 4 is 0 Å². The van der Waals surface area contributed by atoms with Gasteiger partial charge in [-0.15, -0.1) is 0 Å². The second-order valence-corrected chi connectivity index (χ2v) is 6.33. The Morgan fingerprint density at radius 2 is 2.11 bits per heavy atom. The lowest BCUT2D eigenvalue weighted by Gasteiger charge is -2.28. The lowest BCUT2D eigenvalue weighted by atomic mass is 9.82. The van der Waals surface area contributed by atoms with Gasteiger partial charge in [-0.2, -0.15) is 0 Å². The molecule has 0 aromatic carbocycles. The summed E-state index contributed by atoms with van der Waals surface area (Å²) in [6, 6.07) is 0.461. The third kappa shape index (κ3) is 2.66. The Hall–Kier alpha value is -0.960. The molecule has 19 heavy (non-hydrogen) atoms. The Kier molecular flexibility index (Phi) is 3.83. The van der Waals surface area contributed by atoms with Crippen LogP contribution in [-0.4, -0.2) is 17.0 Å². The van der Waals surface area contributed by atoms with Crippen LogP contribution in [-0.2, 0) is 6.42 Å². The first-order chi connectivity index (χ1) is 9.28. The van der Waals surface area contributed by atoms with E-state index in [0.717, 1.165) is 18.2 Å². The first-order valence-electron chi connectivity index (χ1n) is 7.81. The Morgan fingerprint density at radius 3 is 2.89 bits per heavy atom. The first kappa shape index (κ1) is 13.0. The van der Waals surface area contributed by atoms with Gasteiger partial charge in [0.05, 0.1) is 0 Å². The van der Waals surface area contributed by atoms with Crippen molar-refractivity contribution in [2.75, 3.05) is 7.05 Å². The van der Waals surface area contributed by atoms with Crippen LogP contribution in [0.1, 0.15) is 74.5 Å². The summed E-state index contributed by atoms with van der Waals surface area (Å²) >= 11 is 0. The van der Waals surface area contributed by atoms with E-state index in [1.165, 1.54) is 49.8 Å². The highest BCUT2D eigenvalue weighted by Crippen LogP contribution is 2.35. The number of rotatable bonds is 2. The highest BCUT2D eigenvalue weighted by atomic mass is 14.9. The van der Waals surface area contributed by atoms with Gasteiger partial charge in [-0.05, 0) is 45.1 Å². The third-order valence-corrected chi connectivity index (χ3v) is 4.85. The van der Waals surface area contributed by atoms with E-state index < -0.39 is 0 Å². The van der Waals surface area contributed by atoms with E-state index in [-0.39, 0.29) is 0 Å². The van der Waals surface area contributed by atoms with Crippen LogP contribution in [0.4, 0.5) is 0 Å². The van der Waals surface area contributed by atoms with Crippen molar-refractivity contribution in [2.24, 2.45) is 5.92 Å². The summed E-state index contributed by atoms with van der Waals surface area (Å²) in [7, 11) is 2.04. The van der Waals surface area contributed by atoms with E-state index in [4.69, 9.17) is 9.97 Å². The fourth-order valence-electron chi connectivity index (χ4n) is 3.73. The largest absolute Gasteiger partial charge is 0.313 e. The number of hydrogen-bond acceptors (Lipinski definition) is 3. The van der Waals surface area contributed by atoms with Gasteiger partial charge in [-0.3, -0.25) is 0 Å². The monoisotopic (exact) mass is 259 g/mol. The molecular formula is C16H25N3. The van der Waals surface area contributed by atoms with Crippen LogP contribution in [0.25, 0.3) is 0 Å². The molecule has 3 rings (SSSR count). The number of nitrogens with zero attached hydrogens (tertiary/aromatic N) is 2. The average Bonchev–Trinajstić information content (AvgIpc) is 2.46. The second kappa shape index (κ2) is 5.58. The van der Waals surface area contributed by atoms with Gasteiger partial charge in [0.1, 0.15) is 5.82 Å². The van der Waals surface area contributed by atoms with Gasteiger partial charge in [0.15, 0.2) is 0 Å². The minimum Gasteiger partial charge on any atom is -0.313 e. The van der Waals surface area contributed by atoms with Gasteiger partial charge < -0.3 is 5.32 Å². The topological polar surface area (TPSA) is 37.8 Å². The zero-order chi connectivity index (χ0) is 13.2. The molecule has 1 aromatic heterocycles. The fraction of sp³-hybridized carbons (Fsp3) is 0.750. The molecule has 0 radical (unpaired) electrons. The van der Waals surface area contributed by atoms with E-state index in [1.54, 1.807) is 0 Å². The van der Waals surface area contributed by atoms with Crippen molar-refractivity contribution < 1.29 is 0 Å². The summed E-state index contributed by atoms with van der Waals surface area (Å²) in [5.41, 5.74) is 2.63. The molecule has 0 spiro atoms. The Morgan fingerprint density at radius 1 is 1.21 bits per heavy atom. The molecule has 0 aliphatic heterocycles. The van der Waals surface area contributed by atoms with Crippen LogP contribution in [0.3, 0.4) is 0 Å². The molecule has 2 aliphatic rings. The quantitative estimate of drug-likeness (QED) is 0.885. The molecule has 1 N–H and O–H groups in total. The molecule has 0 bridgehead atoms. The van der Waals surface area contributed by atoms with Crippen LogP contribution < -0.4 is 5.32 Å². The highest BCUT2D eigenvalue weighted by Gasteiger charge is 2.25. The second-order valence-electron chi connectivity index (χ2n) is 6.33. The summed E-state index contributed by atoms with van der Waals surface area (Å²) in [5, 5.41) is 3.39. The van der Waals surface area contributed by atoms with Crippen molar-refractivity contribution in [1.82, 2.24) is 15.3 Å². The molecule has 1 saturated carbocycles. The van der Waals surface area contributed by atoms with E-state index >= 15 is 0 Å². The molecule has 104 valence electrons. The molecule has 2 aliphatic carbocycles. The van der Waals surface area contributed by atoms with Gasteiger partial charge in [-0.25, -0.2) is 9.97 Å². The van der Waals surface area contributed by atoms with Crippen LogP contribution >= 0.6 is 0 Å². The van der Waals surface area contributed by atoms with Crippen molar-refractivity contribution in [2.45, 2.75) is 63.8 Å². The summed E-state index contributed by atoms with van der Waals surface area (Å²) in [5.74, 6) is 2.55. The van der Waals surface area contributed by atoms with Gasteiger partial charge in [0.25, 0.3) is 0 Å². The number of aryl methyl sites for hydroxylation is 1. The molecule has 0 saturated heterocycles. The van der Waals surface area contributed by atoms with Crippen molar-refractivity contribution in [3.63, 3.8) is 0 Å². The highest BCUT2D eigenvalue weighted by molar-refractivity contribution is 5.25. The summed E-state index contributed by atoms with van der Waals surface area (Å²) in [6.45, 7) is 2.36. The SMILES string of the molecule is CNC1CCCc2nc(C3CCCC(C)C3)ncc21. The minimum absolute atomic E-state index is 0.461. The minimum atomic E-state index is 0.461. The van der Waals surface area contributed by atoms with Gasteiger partial charge in [0.2, 0.25) is 0 Å². The third-order valence-electron chi connectivity index (χ3n) is 4.85. The van der Waals surface area contributed by atoms with Crippen LogP contribution in [0.15, 0.2) is 6.20 Å². The molecule has 3 nitrogen and oxygen atoms in total. The maximum atomic E-state index is 4.92.